The van der Waals surface area contributed by atoms with Crippen molar-refractivity contribution in [2.45, 2.75) is 38.2 Å². The molecule has 2 aromatic carbocycles. The molecule has 3 heterocycles. The molecule has 0 spiro atoms. The van der Waals surface area contributed by atoms with Crippen LogP contribution in [-0.4, -0.2) is 25.7 Å². The van der Waals surface area contributed by atoms with Crippen LogP contribution in [0.2, 0.25) is 0 Å². The molecule has 1 saturated carbocycles. The normalized spacial score (nSPS) is 16.0. The maximum Gasteiger partial charge on any atom is 0.248 e. The Morgan fingerprint density at radius 1 is 0.917 bits per heavy atom. The minimum atomic E-state index is -2.57. The van der Waals surface area contributed by atoms with E-state index >= 15 is 0 Å². The van der Waals surface area contributed by atoms with E-state index in [9.17, 15) is 13.2 Å². The molecular weight excluding hydrogens is 465 g/mol. The van der Waals surface area contributed by atoms with Gasteiger partial charge in [0.05, 0.1) is 11.1 Å². The van der Waals surface area contributed by atoms with Crippen LogP contribution in [0.1, 0.15) is 25.7 Å². The van der Waals surface area contributed by atoms with Crippen molar-refractivity contribution in [2.24, 2.45) is 5.92 Å². The minimum absolute atomic E-state index is 0.0968. The molecule has 0 atom stereocenters. The van der Waals surface area contributed by atoms with Crippen molar-refractivity contribution in [1.29, 1.82) is 0 Å². The molecule has 1 aliphatic carbocycles. The van der Waals surface area contributed by atoms with Crippen molar-refractivity contribution in [3.05, 3.63) is 79.0 Å². The van der Waals surface area contributed by atoms with Gasteiger partial charge in [0.25, 0.3) is 0 Å². The average Bonchev–Trinajstić information content (AvgIpc) is 3.51. The molecule has 0 radical (unpaired) electrons. The molecule has 0 amide bonds. The number of hydrogen-bond donors (Lipinski definition) is 0. The second kappa shape index (κ2) is 8.93. The molecule has 3 aromatic heterocycles. The molecule has 182 valence electrons. The van der Waals surface area contributed by atoms with Gasteiger partial charge >= 0.3 is 0 Å². The van der Waals surface area contributed by atoms with Crippen LogP contribution in [0.4, 0.5) is 13.2 Å². The molecule has 8 heteroatoms. The van der Waals surface area contributed by atoms with Gasteiger partial charge in [-0.2, -0.15) is 5.10 Å². The highest BCUT2D eigenvalue weighted by atomic mass is 19.3. The van der Waals surface area contributed by atoms with E-state index in [0.717, 1.165) is 22.1 Å². The van der Waals surface area contributed by atoms with Gasteiger partial charge in [-0.1, -0.05) is 30.3 Å². The summed E-state index contributed by atoms with van der Waals surface area (Å²) in [6.45, 7) is 0.527. The van der Waals surface area contributed by atoms with Crippen molar-refractivity contribution in [1.82, 2.24) is 19.7 Å². The number of aromatic nitrogens is 4. The number of nitrogens with zero attached hydrogens (tertiary/aromatic N) is 4. The van der Waals surface area contributed by atoms with Gasteiger partial charge in [-0.25, -0.2) is 23.1 Å². The Hall–Kier alpha value is -3.94. The zero-order valence-corrected chi connectivity index (χ0v) is 19.4. The van der Waals surface area contributed by atoms with Gasteiger partial charge in [0.2, 0.25) is 11.6 Å². The molecule has 1 aliphatic rings. The molecule has 5 nitrogen and oxygen atoms in total. The van der Waals surface area contributed by atoms with Crippen LogP contribution in [-0.2, 0) is 6.54 Å². The average molecular weight is 489 g/mol. The van der Waals surface area contributed by atoms with Crippen LogP contribution >= 0.6 is 0 Å². The summed E-state index contributed by atoms with van der Waals surface area (Å²) in [6.07, 6.45) is 4.05. The summed E-state index contributed by atoms with van der Waals surface area (Å²) in [5.74, 6) is -2.13. The van der Waals surface area contributed by atoms with Crippen LogP contribution in [0.15, 0.2) is 77.6 Å². The van der Waals surface area contributed by atoms with E-state index in [1.807, 2.05) is 42.6 Å². The maximum absolute atomic E-state index is 13.7. The Labute approximate surface area is 205 Å². The van der Waals surface area contributed by atoms with Gasteiger partial charge in [0.1, 0.15) is 23.6 Å². The summed E-state index contributed by atoms with van der Waals surface area (Å²) < 4.78 is 48.8. The van der Waals surface area contributed by atoms with Crippen molar-refractivity contribution in [2.75, 3.05) is 0 Å². The quantitative estimate of drug-likeness (QED) is 0.259. The molecule has 1 fully saturated rings. The lowest BCUT2D eigenvalue weighted by molar-refractivity contribution is -0.0476. The third-order valence-corrected chi connectivity index (χ3v) is 6.80. The number of fused-ring (bicyclic) bond motifs is 1. The van der Waals surface area contributed by atoms with E-state index in [2.05, 4.69) is 9.97 Å². The first kappa shape index (κ1) is 22.5. The zero-order chi connectivity index (χ0) is 24.7. The number of hydrogen-bond acceptors (Lipinski definition) is 4. The Kier molecular flexibility index (Phi) is 5.59. The van der Waals surface area contributed by atoms with E-state index < -0.39 is 5.92 Å². The summed E-state index contributed by atoms with van der Waals surface area (Å²) in [6, 6.07) is 17.8. The lowest BCUT2D eigenvalue weighted by Gasteiger charge is -2.28. The van der Waals surface area contributed by atoms with Crippen molar-refractivity contribution in [3.8, 4) is 33.8 Å². The molecule has 5 aromatic rings. The predicted octanol–water partition coefficient (Wildman–Crippen LogP) is 7.38. The van der Waals surface area contributed by atoms with Crippen molar-refractivity contribution >= 4 is 11.1 Å². The molecule has 0 aliphatic heterocycles. The number of furan rings is 1. The van der Waals surface area contributed by atoms with Gasteiger partial charge in [-0.05, 0) is 49.1 Å². The summed E-state index contributed by atoms with van der Waals surface area (Å²) >= 11 is 0. The van der Waals surface area contributed by atoms with Crippen LogP contribution in [0, 0.1) is 11.7 Å². The van der Waals surface area contributed by atoms with E-state index in [1.165, 1.54) is 18.5 Å². The highest BCUT2D eigenvalue weighted by Crippen LogP contribution is 2.39. The van der Waals surface area contributed by atoms with Crippen molar-refractivity contribution in [3.63, 3.8) is 0 Å². The largest absolute Gasteiger partial charge is 0.438 e. The second-order valence-electron chi connectivity index (χ2n) is 9.34. The van der Waals surface area contributed by atoms with Crippen LogP contribution in [0.3, 0.4) is 0 Å². The fraction of sp³-hybridized carbons (Fsp3) is 0.250. The van der Waals surface area contributed by atoms with Crippen LogP contribution < -0.4 is 0 Å². The molecule has 6 rings (SSSR count). The molecule has 0 saturated heterocycles. The van der Waals surface area contributed by atoms with Crippen LogP contribution in [0.5, 0.6) is 0 Å². The van der Waals surface area contributed by atoms with Gasteiger partial charge in [0, 0.05) is 42.3 Å². The summed E-state index contributed by atoms with van der Waals surface area (Å²) in [4.78, 5) is 8.89. The lowest BCUT2D eigenvalue weighted by Crippen LogP contribution is -2.26. The molecule has 0 bridgehead atoms. The monoisotopic (exact) mass is 488 g/mol. The maximum atomic E-state index is 13.7. The van der Waals surface area contributed by atoms with Gasteiger partial charge in [-0.3, -0.25) is 4.68 Å². The lowest BCUT2D eigenvalue weighted by atomic mass is 9.87. The first-order valence-corrected chi connectivity index (χ1v) is 12.0. The Bertz CT molecular complexity index is 1500. The Morgan fingerprint density at radius 3 is 2.42 bits per heavy atom. The summed E-state index contributed by atoms with van der Waals surface area (Å²) in [5, 5.41) is 5.54. The van der Waals surface area contributed by atoms with E-state index in [0.29, 0.717) is 42.2 Å². The van der Waals surface area contributed by atoms with Crippen molar-refractivity contribution < 1.29 is 17.6 Å². The molecule has 36 heavy (non-hydrogen) atoms. The minimum Gasteiger partial charge on any atom is -0.438 e. The second-order valence-corrected chi connectivity index (χ2v) is 9.34. The topological polar surface area (TPSA) is 56.7 Å². The predicted molar refractivity (Wildman–Crippen MR) is 131 cm³/mol. The Balaban J connectivity index is 1.43. The smallest absolute Gasteiger partial charge is 0.248 e. The third-order valence-electron chi connectivity index (χ3n) is 6.80. The molecule has 0 unspecified atom stereocenters. The van der Waals surface area contributed by atoms with Gasteiger partial charge < -0.3 is 4.42 Å². The Morgan fingerprint density at radius 2 is 1.67 bits per heavy atom. The van der Waals surface area contributed by atoms with Gasteiger partial charge in [0.15, 0.2) is 0 Å². The number of alkyl halides is 2. The SMILES string of the molecule is Fc1ccc(-c2nn(CC3CCC(F)(F)CC3)cc2-c2ncnc3oc(-c4ccccc4)cc23)cc1. The number of halogens is 3. The number of benzene rings is 2. The van der Waals surface area contributed by atoms with E-state index in [-0.39, 0.29) is 24.6 Å². The highest BCUT2D eigenvalue weighted by Gasteiger charge is 2.35. The molecule has 0 N–H and O–H groups in total. The third kappa shape index (κ3) is 4.39. The highest BCUT2D eigenvalue weighted by molar-refractivity contribution is 5.95. The molecular formula is C28H23F3N4O. The summed E-state index contributed by atoms with van der Waals surface area (Å²) in [5.41, 5.74) is 4.14. The zero-order valence-electron chi connectivity index (χ0n) is 19.4. The number of rotatable bonds is 5. The van der Waals surface area contributed by atoms with Gasteiger partial charge in [-0.15, -0.1) is 0 Å². The van der Waals surface area contributed by atoms with E-state index in [4.69, 9.17) is 9.52 Å². The standard InChI is InChI=1S/C28H23F3N4O/c29-21-8-6-20(7-9-21)25-23(16-35(34-25)15-18-10-12-28(30,31)13-11-18)26-22-14-24(19-4-2-1-3-5-19)36-27(22)33-17-32-26/h1-9,14,16-18H,10-13,15H2. The first-order valence-electron chi connectivity index (χ1n) is 12.0. The van der Waals surface area contributed by atoms with E-state index in [1.54, 1.807) is 16.8 Å². The fourth-order valence-corrected chi connectivity index (χ4v) is 4.87. The van der Waals surface area contributed by atoms with Crippen LogP contribution in [0.25, 0.3) is 44.9 Å². The first-order chi connectivity index (χ1) is 17.4. The fourth-order valence-electron chi connectivity index (χ4n) is 4.87. The summed E-state index contributed by atoms with van der Waals surface area (Å²) in [7, 11) is 0.